The van der Waals surface area contributed by atoms with Crippen LogP contribution in [0.4, 0.5) is 48.3 Å². The zero-order valence-corrected chi connectivity index (χ0v) is 17.3. The van der Waals surface area contributed by atoms with Crippen LogP contribution in [0.2, 0.25) is 13.1 Å². The molecular weight excluding hydrogens is 447 g/mol. The fourth-order valence-corrected chi connectivity index (χ4v) is 4.34. The molecule has 0 radical (unpaired) electrons. The van der Waals surface area contributed by atoms with E-state index in [-0.39, 0.29) is 5.96 Å². The van der Waals surface area contributed by atoms with Gasteiger partial charge in [-0.05, 0) is 13.1 Å². The molecule has 3 atom stereocenters. The molecule has 0 aliphatic heterocycles. The molecule has 0 fully saturated rings. The van der Waals surface area contributed by atoms with Crippen LogP contribution < -0.4 is 0 Å². The number of hydrogen-bond acceptors (Lipinski definition) is 1. The van der Waals surface area contributed by atoms with E-state index in [1.807, 2.05) is 0 Å². The van der Waals surface area contributed by atoms with Gasteiger partial charge in [-0.15, -0.1) is 0 Å². The molecule has 0 aliphatic carbocycles. The molecule has 0 spiro atoms. The molecule has 3 unspecified atom stereocenters. The molecule has 0 amide bonds. The predicted octanol–water partition coefficient (Wildman–Crippen LogP) is 4.40. The molecule has 0 aromatic rings. The van der Waals surface area contributed by atoms with E-state index in [1.165, 1.54) is 38.0 Å². The number of alkyl halides is 11. The molecule has 0 saturated heterocycles. The van der Waals surface area contributed by atoms with Crippen molar-refractivity contribution in [2.75, 3.05) is 28.2 Å². The molecule has 0 aromatic heterocycles. The minimum atomic E-state index is -6.83. The van der Waals surface area contributed by atoms with Crippen molar-refractivity contribution in [1.29, 1.82) is 0 Å². The number of halogens is 11. The first-order valence-electron chi connectivity index (χ1n) is 7.94. The highest BCUT2D eigenvalue weighted by Crippen LogP contribution is 2.52. The summed E-state index contributed by atoms with van der Waals surface area (Å²) in [4.78, 5) is 2.42. The predicted molar refractivity (Wildman–Crippen MR) is 87.8 cm³/mol. The first kappa shape index (κ1) is 27.7. The third-order valence-corrected chi connectivity index (χ3v) is 6.21. The summed E-state index contributed by atoms with van der Waals surface area (Å²) in [6.07, 6.45) is -14.0. The summed E-state index contributed by atoms with van der Waals surface area (Å²) < 4.78 is 151. The van der Waals surface area contributed by atoms with E-state index in [2.05, 4.69) is 4.66 Å². The van der Waals surface area contributed by atoms with Crippen LogP contribution in [0.15, 0.2) is 4.66 Å². The molecular formula is C14H22F11N3Si. The monoisotopic (exact) mass is 469 g/mol. The lowest BCUT2D eigenvalue weighted by Gasteiger charge is -2.39. The van der Waals surface area contributed by atoms with Crippen molar-refractivity contribution in [1.82, 2.24) is 9.80 Å². The lowest BCUT2D eigenvalue weighted by atomic mass is 9.98. The molecule has 0 aliphatic rings. The molecule has 0 N–H and O–H groups in total. The maximum atomic E-state index is 14.5. The molecule has 174 valence electrons. The Labute approximate surface area is 161 Å². The van der Waals surface area contributed by atoms with Crippen molar-refractivity contribution in [3.63, 3.8) is 0 Å². The largest absolute Gasteiger partial charge is 0.377 e. The van der Waals surface area contributed by atoms with Crippen LogP contribution in [0.1, 0.15) is 0 Å². The summed E-state index contributed by atoms with van der Waals surface area (Å²) in [5.41, 5.74) is 0. The second kappa shape index (κ2) is 8.84. The van der Waals surface area contributed by atoms with Crippen molar-refractivity contribution >= 4 is 14.2 Å². The van der Waals surface area contributed by atoms with Crippen LogP contribution in [0, 0.1) is 0 Å². The van der Waals surface area contributed by atoms with Crippen molar-refractivity contribution in [2.24, 2.45) is 4.66 Å². The van der Waals surface area contributed by atoms with Crippen LogP contribution in [0.3, 0.4) is 0 Å². The smallest absolute Gasteiger partial charge is 0.350 e. The van der Waals surface area contributed by atoms with Gasteiger partial charge in [-0.1, -0.05) is 0 Å². The molecule has 0 saturated carbocycles. The molecule has 29 heavy (non-hydrogen) atoms. The third-order valence-electron chi connectivity index (χ3n) is 3.83. The van der Waals surface area contributed by atoms with E-state index in [9.17, 15) is 48.3 Å². The summed E-state index contributed by atoms with van der Waals surface area (Å²) in [5.74, 6) is -23.8. The van der Waals surface area contributed by atoms with Crippen molar-refractivity contribution in [3.05, 3.63) is 0 Å². The van der Waals surface area contributed by atoms with E-state index in [0.717, 1.165) is 13.1 Å². The van der Waals surface area contributed by atoms with Gasteiger partial charge in [0.25, 0.3) is 6.43 Å². The van der Waals surface area contributed by atoms with Gasteiger partial charge in [0.15, 0.2) is 17.9 Å². The van der Waals surface area contributed by atoms with Crippen LogP contribution in [-0.4, -0.2) is 94.5 Å². The van der Waals surface area contributed by atoms with E-state index in [1.54, 1.807) is 0 Å². The Morgan fingerprint density at radius 1 is 0.759 bits per heavy atom. The van der Waals surface area contributed by atoms with E-state index in [0.29, 0.717) is 0 Å². The Morgan fingerprint density at radius 2 is 1.14 bits per heavy atom. The average molecular weight is 469 g/mol. The van der Waals surface area contributed by atoms with E-state index in [4.69, 9.17) is 0 Å². The van der Waals surface area contributed by atoms with Crippen molar-refractivity contribution in [3.8, 4) is 0 Å². The second-order valence-electron chi connectivity index (χ2n) is 7.22. The number of hydrogen-bond donors (Lipinski definition) is 0. The Hall–Kier alpha value is -1.28. The van der Waals surface area contributed by atoms with Gasteiger partial charge in [0.2, 0.25) is 14.4 Å². The quantitative estimate of drug-likeness (QED) is 0.227. The highest BCUT2D eigenvalue weighted by Gasteiger charge is 2.79. The Morgan fingerprint density at radius 3 is 1.45 bits per heavy atom. The zero-order chi connectivity index (χ0) is 23.7. The van der Waals surface area contributed by atoms with Gasteiger partial charge in [0.1, 0.15) is 0 Å². The number of rotatable bonds is 8. The van der Waals surface area contributed by atoms with Crippen LogP contribution >= 0.6 is 0 Å². The molecule has 15 heteroatoms. The highest BCUT2D eigenvalue weighted by molar-refractivity contribution is 6.78. The Balaban J connectivity index is 6.21. The summed E-state index contributed by atoms with van der Waals surface area (Å²) in [6, 6.07) is 0. The summed E-state index contributed by atoms with van der Waals surface area (Å²) in [7, 11) is 0.939. The second-order valence-corrected chi connectivity index (χ2v) is 11.3. The van der Waals surface area contributed by atoms with Gasteiger partial charge in [-0.25, -0.2) is 22.0 Å². The van der Waals surface area contributed by atoms with Crippen molar-refractivity contribution < 1.29 is 48.3 Å². The fraction of sp³-hybridized carbons (Fsp3) is 0.929. The maximum absolute atomic E-state index is 14.5. The van der Waals surface area contributed by atoms with Gasteiger partial charge in [-0.3, -0.25) is 4.66 Å². The average Bonchev–Trinajstić information content (AvgIpc) is 2.56. The van der Waals surface area contributed by atoms with Crippen LogP contribution in [0.25, 0.3) is 0 Å². The van der Waals surface area contributed by atoms with Gasteiger partial charge < -0.3 is 9.80 Å². The Bertz CT molecular complexity index is 571. The molecule has 0 rings (SSSR count). The standard InChI is InChI=1S/C14H22F11N3Si/c1-27(2)11(28(3)4)26-29(5,6)10(19)13(22,23)14(24,25)12(20,21)8(16)7(15)9(17)18/h7-10H,1-6H3. The normalized spacial score (nSPS) is 17.0. The van der Waals surface area contributed by atoms with Gasteiger partial charge in [-0.2, -0.15) is 26.3 Å². The molecule has 0 heterocycles. The first-order valence-corrected chi connectivity index (χ1v) is 11.0. The topological polar surface area (TPSA) is 18.8 Å². The number of guanidine groups is 1. The zero-order valence-electron chi connectivity index (χ0n) is 16.3. The molecule has 0 aromatic carbocycles. The minimum absolute atomic E-state index is 0.153. The summed E-state index contributed by atoms with van der Waals surface area (Å²) in [6.45, 7) is 1.44. The SMILES string of the molecule is CN(C)C(=N[Si](C)(C)C(F)C(F)(F)C(F)(F)C(F)(F)C(F)C(F)C(F)F)N(C)C. The third kappa shape index (κ3) is 5.26. The highest BCUT2D eigenvalue weighted by atomic mass is 28.3. The lowest BCUT2D eigenvalue weighted by molar-refractivity contribution is -0.338. The van der Waals surface area contributed by atoms with E-state index < -0.39 is 50.6 Å². The Kier molecular flexibility index (Phi) is 8.45. The van der Waals surface area contributed by atoms with E-state index >= 15 is 0 Å². The minimum Gasteiger partial charge on any atom is -0.350 e. The van der Waals surface area contributed by atoms with Crippen LogP contribution in [0.5, 0.6) is 0 Å². The molecule has 3 nitrogen and oxygen atoms in total. The van der Waals surface area contributed by atoms with Gasteiger partial charge in [0, 0.05) is 28.2 Å². The van der Waals surface area contributed by atoms with Crippen LogP contribution in [-0.2, 0) is 0 Å². The van der Waals surface area contributed by atoms with Gasteiger partial charge in [0.05, 0.1) is 0 Å². The van der Waals surface area contributed by atoms with Crippen molar-refractivity contribution in [2.45, 2.75) is 55.4 Å². The summed E-state index contributed by atoms with van der Waals surface area (Å²) in [5, 5.41) is 0. The fourth-order valence-electron chi connectivity index (χ4n) is 2.24. The van der Waals surface area contributed by atoms with Gasteiger partial charge >= 0.3 is 17.8 Å². The maximum Gasteiger partial charge on any atom is 0.377 e. The first-order chi connectivity index (χ1) is 12.7. The number of nitrogens with zero attached hydrogens (tertiary/aromatic N) is 3. The lowest BCUT2D eigenvalue weighted by Crippen LogP contribution is -2.67. The summed E-state index contributed by atoms with van der Waals surface area (Å²) >= 11 is 0. The molecule has 0 bridgehead atoms.